The van der Waals surface area contributed by atoms with Crippen molar-refractivity contribution in [3.8, 4) is 5.88 Å². The van der Waals surface area contributed by atoms with E-state index in [1.165, 1.54) is 0 Å². The van der Waals surface area contributed by atoms with Crippen molar-refractivity contribution in [3.63, 3.8) is 0 Å². The maximum absolute atomic E-state index is 5.70. The molecule has 0 atom stereocenters. The lowest BCUT2D eigenvalue weighted by molar-refractivity contribution is 0.294. The smallest absolute Gasteiger partial charge is 0.213 e. The molecule has 1 heterocycles. The van der Waals surface area contributed by atoms with E-state index in [1.54, 1.807) is 25.4 Å². The number of pyridine rings is 1. The maximum Gasteiger partial charge on any atom is 0.213 e. The Hall–Kier alpha value is -2.46. The average Bonchev–Trinajstić information content (AvgIpc) is 2.55. The summed E-state index contributed by atoms with van der Waals surface area (Å²) in [6, 6.07) is 13.6. The summed E-state index contributed by atoms with van der Waals surface area (Å²) >= 11 is 5.70. The molecule has 0 aliphatic heterocycles. The first-order valence-corrected chi connectivity index (χ1v) is 7.07. The van der Waals surface area contributed by atoms with Crippen molar-refractivity contribution in [2.75, 3.05) is 0 Å². The van der Waals surface area contributed by atoms with Gasteiger partial charge in [0.1, 0.15) is 11.8 Å². The van der Waals surface area contributed by atoms with Crippen LogP contribution >= 0.6 is 11.6 Å². The molecule has 112 valence electrons. The molecule has 1 aromatic heterocycles. The van der Waals surface area contributed by atoms with Crippen molar-refractivity contribution in [3.05, 3.63) is 66.0 Å². The molecule has 0 bridgehead atoms. The molecule has 0 fully saturated rings. The zero-order valence-corrected chi connectivity index (χ0v) is 13.0. The monoisotopic (exact) mass is 313 g/mol. The molecule has 0 aliphatic carbocycles. The highest BCUT2D eigenvalue weighted by molar-refractivity contribution is 6.64. The van der Waals surface area contributed by atoms with Crippen LogP contribution in [0.5, 0.6) is 5.88 Å². The van der Waals surface area contributed by atoms with Gasteiger partial charge < -0.3 is 4.74 Å². The van der Waals surface area contributed by atoms with E-state index in [2.05, 4.69) is 21.7 Å². The molecule has 0 amide bonds. The van der Waals surface area contributed by atoms with Gasteiger partial charge in [-0.05, 0) is 25.3 Å². The fraction of sp³-hybridized carbons (Fsp3) is 0.118. The maximum atomic E-state index is 5.70. The standard InChI is InChI=1S/C17H16ClN3O/c1-13(18)20-11-16(19-2)15-8-9-17(21-10-15)22-12-14-6-4-3-5-7-14/h3-11H,2,12H2,1H3/b16-11-,20-13?. The Morgan fingerprint density at radius 2 is 2.05 bits per heavy atom. The number of halogens is 1. The van der Waals surface area contributed by atoms with E-state index in [0.29, 0.717) is 23.4 Å². The van der Waals surface area contributed by atoms with Crippen molar-refractivity contribution < 1.29 is 4.74 Å². The summed E-state index contributed by atoms with van der Waals surface area (Å²) in [5.74, 6) is 0.549. The zero-order chi connectivity index (χ0) is 15.8. The van der Waals surface area contributed by atoms with Gasteiger partial charge in [-0.25, -0.2) is 9.98 Å². The van der Waals surface area contributed by atoms with Crippen LogP contribution in [-0.4, -0.2) is 16.9 Å². The second kappa shape index (κ2) is 8.10. The summed E-state index contributed by atoms with van der Waals surface area (Å²) in [6.07, 6.45) is 3.22. The van der Waals surface area contributed by atoms with Gasteiger partial charge in [0.2, 0.25) is 5.88 Å². The lowest BCUT2D eigenvalue weighted by Gasteiger charge is -2.06. The first-order valence-electron chi connectivity index (χ1n) is 6.69. The van der Waals surface area contributed by atoms with Crippen LogP contribution in [0, 0.1) is 0 Å². The van der Waals surface area contributed by atoms with Crippen molar-refractivity contribution in [2.45, 2.75) is 13.5 Å². The molecule has 2 aromatic rings. The molecular weight excluding hydrogens is 298 g/mol. The number of hydrogen-bond donors (Lipinski definition) is 0. The van der Waals surface area contributed by atoms with Crippen molar-refractivity contribution in [2.24, 2.45) is 9.98 Å². The van der Waals surface area contributed by atoms with Gasteiger partial charge in [0.15, 0.2) is 0 Å². The Morgan fingerprint density at radius 3 is 2.64 bits per heavy atom. The normalized spacial score (nSPS) is 12.1. The molecule has 2 rings (SSSR count). The van der Waals surface area contributed by atoms with E-state index >= 15 is 0 Å². The fourth-order valence-electron chi connectivity index (χ4n) is 1.71. The summed E-state index contributed by atoms with van der Waals surface area (Å²) in [5.41, 5.74) is 2.49. The fourth-order valence-corrected chi connectivity index (χ4v) is 1.75. The second-order valence-electron chi connectivity index (χ2n) is 4.46. The molecule has 22 heavy (non-hydrogen) atoms. The number of benzene rings is 1. The molecule has 5 heteroatoms. The number of aromatic nitrogens is 1. The van der Waals surface area contributed by atoms with Gasteiger partial charge in [-0.3, -0.25) is 4.99 Å². The van der Waals surface area contributed by atoms with E-state index in [0.717, 1.165) is 11.1 Å². The minimum absolute atomic E-state index is 0.428. The first kappa shape index (κ1) is 15.9. The van der Waals surface area contributed by atoms with Gasteiger partial charge in [0, 0.05) is 17.8 Å². The summed E-state index contributed by atoms with van der Waals surface area (Å²) in [6.45, 7) is 5.69. The molecule has 0 spiro atoms. The summed E-state index contributed by atoms with van der Waals surface area (Å²) in [5, 5.41) is 0.428. The van der Waals surface area contributed by atoms with Crippen LogP contribution in [0.3, 0.4) is 0 Å². The van der Waals surface area contributed by atoms with Crippen molar-refractivity contribution in [1.29, 1.82) is 0 Å². The molecule has 4 nitrogen and oxygen atoms in total. The average molecular weight is 314 g/mol. The van der Waals surface area contributed by atoms with Gasteiger partial charge in [0.05, 0.1) is 11.9 Å². The summed E-state index contributed by atoms with van der Waals surface area (Å²) < 4.78 is 5.63. The number of ether oxygens (including phenoxy) is 1. The van der Waals surface area contributed by atoms with Crippen LogP contribution in [0.25, 0.3) is 5.70 Å². The first-order chi connectivity index (χ1) is 10.7. The quantitative estimate of drug-likeness (QED) is 0.746. The van der Waals surface area contributed by atoms with Crippen LogP contribution in [0.15, 0.2) is 64.8 Å². The van der Waals surface area contributed by atoms with Crippen LogP contribution in [0.1, 0.15) is 18.1 Å². The van der Waals surface area contributed by atoms with Crippen LogP contribution in [0.2, 0.25) is 0 Å². The lowest BCUT2D eigenvalue weighted by Crippen LogP contribution is -1.97. The van der Waals surface area contributed by atoms with E-state index in [9.17, 15) is 0 Å². The van der Waals surface area contributed by atoms with Crippen molar-refractivity contribution in [1.82, 2.24) is 4.98 Å². The van der Waals surface area contributed by atoms with E-state index in [1.807, 2.05) is 36.4 Å². The van der Waals surface area contributed by atoms with Gasteiger partial charge >= 0.3 is 0 Å². The molecule has 0 unspecified atom stereocenters. The Bertz CT molecular complexity index is 675. The zero-order valence-electron chi connectivity index (χ0n) is 12.2. The largest absolute Gasteiger partial charge is 0.473 e. The number of nitrogens with zero attached hydrogens (tertiary/aromatic N) is 3. The van der Waals surface area contributed by atoms with Gasteiger partial charge in [-0.1, -0.05) is 41.9 Å². The lowest BCUT2D eigenvalue weighted by atomic mass is 10.2. The molecule has 0 saturated carbocycles. The Labute approximate surface area is 134 Å². The summed E-state index contributed by atoms with van der Waals surface area (Å²) in [7, 11) is 0. The Balaban J connectivity index is 2.05. The van der Waals surface area contributed by atoms with Crippen molar-refractivity contribution >= 4 is 29.2 Å². The van der Waals surface area contributed by atoms with E-state index < -0.39 is 0 Å². The summed E-state index contributed by atoms with van der Waals surface area (Å²) in [4.78, 5) is 12.2. The van der Waals surface area contributed by atoms with Crippen LogP contribution < -0.4 is 4.74 Å². The highest BCUT2D eigenvalue weighted by Crippen LogP contribution is 2.18. The molecule has 1 aromatic carbocycles. The second-order valence-corrected chi connectivity index (χ2v) is 5.01. The molecule has 0 saturated heterocycles. The SMILES string of the molecule is C=N/C(=C\N=C(C)Cl)c1ccc(OCc2ccccc2)nc1. The predicted molar refractivity (Wildman–Crippen MR) is 91.5 cm³/mol. The third-order valence-corrected chi connectivity index (χ3v) is 2.89. The number of hydrogen-bond acceptors (Lipinski definition) is 4. The number of rotatable bonds is 6. The topological polar surface area (TPSA) is 46.8 Å². The van der Waals surface area contributed by atoms with Gasteiger partial charge in [0.25, 0.3) is 0 Å². The predicted octanol–water partition coefficient (Wildman–Crippen LogP) is 4.32. The van der Waals surface area contributed by atoms with Crippen LogP contribution in [-0.2, 0) is 6.61 Å². The molecule has 0 aliphatic rings. The molecule has 0 radical (unpaired) electrons. The third kappa shape index (κ3) is 4.82. The number of aliphatic imine (C=N–C) groups is 2. The minimum Gasteiger partial charge on any atom is -0.473 e. The van der Waals surface area contributed by atoms with E-state index in [4.69, 9.17) is 16.3 Å². The van der Waals surface area contributed by atoms with E-state index in [-0.39, 0.29) is 0 Å². The Morgan fingerprint density at radius 1 is 1.27 bits per heavy atom. The molecular formula is C17H16ClN3O. The van der Waals surface area contributed by atoms with Crippen LogP contribution in [0.4, 0.5) is 0 Å². The highest BCUT2D eigenvalue weighted by atomic mass is 35.5. The molecule has 0 N–H and O–H groups in total. The third-order valence-electron chi connectivity index (χ3n) is 2.80. The van der Waals surface area contributed by atoms with Gasteiger partial charge in [-0.2, -0.15) is 0 Å². The minimum atomic E-state index is 0.428. The van der Waals surface area contributed by atoms with Gasteiger partial charge in [-0.15, -0.1) is 0 Å². The Kier molecular flexibility index (Phi) is 5.86. The highest BCUT2D eigenvalue weighted by Gasteiger charge is 2.02.